The van der Waals surface area contributed by atoms with Gasteiger partial charge in [0.2, 0.25) is 0 Å². The number of urea groups is 1. The van der Waals surface area contributed by atoms with Gasteiger partial charge in [0.15, 0.2) is 0 Å². The number of rotatable bonds is 5. The van der Waals surface area contributed by atoms with Crippen LogP contribution in [0.2, 0.25) is 0 Å². The van der Waals surface area contributed by atoms with Gasteiger partial charge in [0.05, 0.1) is 13.8 Å². The second kappa shape index (κ2) is 7.97. The molecule has 0 N–H and O–H groups in total. The minimum absolute atomic E-state index is 0.0528. The number of ether oxygens (including phenoxy) is 1. The second-order valence-electron chi connectivity index (χ2n) is 7.06. The molecule has 0 aromatic heterocycles. The average Bonchev–Trinajstić information content (AvgIpc) is 2.91. The number of piperazine rings is 1. The molecule has 0 aliphatic carbocycles. The molecule has 0 bridgehead atoms. The van der Waals surface area contributed by atoms with Crippen molar-refractivity contribution in [1.29, 1.82) is 0 Å². The molecule has 150 valence electrons. The van der Waals surface area contributed by atoms with Crippen LogP contribution in [0.1, 0.15) is 24.2 Å². The smallest absolute Gasteiger partial charge is 0.335 e. The highest BCUT2D eigenvalue weighted by Gasteiger charge is 2.46. The molecule has 0 unspecified atom stereocenters. The predicted molar refractivity (Wildman–Crippen MR) is 99.6 cm³/mol. The molecule has 2 fully saturated rings. The first-order valence-corrected chi connectivity index (χ1v) is 9.18. The van der Waals surface area contributed by atoms with E-state index in [1.54, 1.807) is 50.1 Å². The Morgan fingerprint density at radius 1 is 1.00 bits per heavy atom. The van der Waals surface area contributed by atoms with Crippen LogP contribution in [-0.4, -0.2) is 89.4 Å². The Kier molecular flexibility index (Phi) is 5.64. The number of imide groups is 2. The van der Waals surface area contributed by atoms with E-state index in [4.69, 9.17) is 4.74 Å². The van der Waals surface area contributed by atoms with Crippen LogP contribution in [0.4, 0.5) is 4.79 Å². The zero-order chi connectivity index (χ0) is 20.4. The number of benzene rings is 1. The van der Waals surface area contributed by atoms with Crippen molar-refractivity contribution in [3.05, 3.63) is 29.8 Å². The van der Waals surface area contributed by atoms with Gasteiger partial charge in [-0.1, -0.05) is 0 Å². The zero-order valence-electron chi connectivity index (χ0n) is 16.3. The maximum Gasteiger partial charge on any atom is 0.335 e. The topological polar surface area (TPSA) is 90.5 Å². The van der Waals surface area contributed by atoms with Crippen LogP contribution in [0.3, 0.4) is 0 Å². The number of amides is 5. The van der Waals surface area contributed by atoms with Crippen molar-refractivity contribution in [3.63, 3.8) is 0 Å². The van der Waals surface area contributed by atoms with Crippen molar-refractivity contribution in [1.82, 2.24) is 19.6 Å². The van der Waals surface area contributed by atoms with Crippen LogP contribution < -0.4 is 4.74 Å². The van der Waals surface area contributed by atoms with E-state index in [-0.39, 0.29) is 18.6 Å². The third-order valence-electron chi connectivity index (χ3n) is 4.94. The number of hydrogen-bond acceptors (Lipinski definition) is 6. The number of carbonyl (C=O) groups excluding carboxylic acids is 4. The number of methoxy groups -OCH3 is 1. The molecule has 0 saturated carbocycles. The monoisotopic (exact) mass is 388 g/mol. The zero-order valence-corrected chi connectivity index (χ0v) is 16.3. The highest BCUT2D eigenvalue weighted by Crippen LogP contribution is 2.18. The van der Waals surface area contributed by atoms with E-state index in [2.05, 4.69) is 0 Å². The Balaban J connectivity index is 1.57. The van der Waals surface area contributed by atoms with E-state index < -0.39 is 17.8 Å². The lowest BCUT2D eigenvalue weighted by Crippen LogP contribution is -2.52. The van der Waals surface area contributed by atoms with Crippen LogP contribution >= 0.6 is 0 Å². The maximum absolute atomic E-state index is 12.6. The van der Waals surface area contributed by atoms with Gasteiger partial charge < -0.3 is 9.64 Å². The van der Waals surface area contributed by atoms with Crippen LogP contribution in [0.25, 0.3) is 0 Å². The Morgan fingerprint density at radius 2 is 1.61 bits per heavy atom. The summed E-state index contributed by atoms with van der Waals surface area (Å²) in [5.74, 6) is -0.966. The molecule has 5 amide bonds. The van der Waals surface area contributed by atoms with Crippen LogP contribution in [-0.2, 0) is 9.59 Å². The Bertz CT molecular complexity index is 784. The fraction of sp³-hybridized carbons (Fsp3) is 0.474. The van der Waals surface area contributed by atoms with Crippen molar-refractivity contribution in [2.75, 3.05) is 40.0 Å². The molecule has 2 aliphatic rings. The minimum Gasteiger partial charge on any atom is -0.497 e. The molecule has 0 radical (unpaired) electrons. The van der Waals surface area contributed by atoms with Crippen LogP contribution in [0.5, 0.6) is 5.75 Å². The fourth-order valence-electron chi connectivity index (χ4n) is 3.31. The first-order chi connectivity index (χ1) is 13.3. The van der Waals surface area contributed by atoms with Crippen LogP contribution in [0.15, 0.2) is 24.3 Å². The van der Waals surface area contributed by atoms with Crippen molar-refractivity contribution < 1.29 is 23.9 Å². The minimum atomic E-state index is -0.796. The first kappa shape index (κ1) is 19.8. The normalized spacial score (nSPS) is 18.4. The Hall–Kier alpha value is -2.94. The summed E-state index contributed by atoms with van der Waals surface area (Å²) in [7, 11) is 1.57. The molecule has 9 heteroatoms. The van der Waals surface area contributed by atoms with Gasteiger partial charge in [-0.2, -0.15) is 0 Å². The van der Waals surface area contributed by atoms with Gasteiger partial charge in [-0.25, -0.2) is 9.69 Å². The lowest BCUT2D eigenvalue weighted by atomic mass is 10.1. The summed E-state index contributed by atoms with van der Waals surface area (Å²) in [4.78, 5) is 54.7. The van der Waals surface area contributed by atoms with Crippen molar-refractivity contribution in [2.24, 2.45) is 0 Å². The number of carbonyl (C=O) groups is 4. The lowest BCUT2D eigenvalue weighted by Gasteiger charge is -2.36. The van der Waals surface area contributed by atoms with Crippen molar-refractivity contribution in [3.8, 4) is 5.75 Å². The summed E-state index contributed by atoms with van der Waals surface area (Å²) < 4.78 is 5.10. The first-order valence-electron chi connectivity index (χ1n) is 9.18. The quantitative estimate of drug-likeness (QED) is 0.542. The van der Waals surface area contributed by atoms with E-state index >= 15 is 0 Å². The van der Waals surface area contributed by atoms with E-state index in [9.17, 15) is 19.2 Å². The predicted octanol–water partition coefficient (Wildman–Crippen LogP) is 0.610. The molecule has 2 aliphatic heterocycles. The van der Waals surface area contributed by atoms with E-state index in [1.165, 1.54) is 0 Å². The highest BCUT2D eigenvalue weighted by atomic mass is 16.5. The molecule has 2 heterocycles. The third kappa shape index (κ3) is 3.70. The molecule has 28 heavy (non-hydrogen) atoms. The van der Waals surface area contributed by atoms with Gasteiger partial charge in [-0.05, 0) is 38.1 Å². The molecular weight excluding hydrogens is 364 g/mol. The number of hydrogen-bond donors (Lipinski definition) is 0. The molecule has 1 aromatic rings. The van der Waals surface area contributed by atoms with E-state index in [0.717, 1.165) is 9.80 Å². The SMILES string of the molecule is COc1ccc(C(=O)N2CCN(CN3C(=O)C(=O)N(C(C)C)C3=O)CC2)cc1. The van der Waals surface area contributed by atoms with Gasteiger partial charge in [-0.3, -0.25) is 24.2 Å². The van der Waals surface area contributed by atoms with Gasteiger partial charge in [0.25, 0.3) is 5.91 Å². The van der Waals surface area contributed by atoms with E-state index in [0.29, 0.717) is 37.5 Å². The molecule has 9 nitrogen and oxygen atoms in total. The molecule has 3 rings (SSSR count). The molecule has 0 atom stereocenters. The Labute approximate surface area is 163 Å². The highest BCUT2D eigenvalue weighted by molar-refractivity contribution is 6.44. The Morgan fingerprint density at radius 3 is 2.11 bits per heavy atom. The van der Waals surface area contributed by atoms with Crippen LogP contribution in [0, 0.1) is 0 Å². The van der Waals surface area contributed by atoms with Gasteiger partial charge in [0.1, 0.15) is 5.75 Å². The summed E-state index contributed by atoms with van der Waals surface area (Å²) in [5.41, 5.74) is 0.581. The summed E-state index contributed by atoms with van der Waals surface area (Å²) in [5, 5.41) is 0. The summed E-state index contributed by atoms with van der Waals surface area (Å²) >= 11 is 0. The summed E-state index contributed by atoms with van der Waals surface area (Å²) in [6, 6.07) is 5.98. The fourth-order valence-corrected chi connectivity index (χ4v) is 3.31. The second-order valence-corrected chi connectivity index (χ2v) is 7.06. The van der Waals surface area contributed by atoms with Gasteiger partial charge >= 0.3 is 17.8 Å². The summed E-state index contributed by atoms with van der Waals surface area (Å²) in [6.45, 7) is 5.40. The third-order valence-corrected chi connectivity index (χ3v) is 4.94. The molecular formula is C19H24N4O5. The number of nitrogens with zero attached hydrogens (tertiary/aromatic N) is 4. The molecule has 2 saturated heterocycles. The molecule has 0 spiro atoms. The van der Waals surface area contributed by atoms with E-state index in [1.807, 2.05) is 4.90 Å². The molecule has 1 aromatic carbocycles. The largest absolute Gasteiger partial charge is 0.497 e. The summed E-state index contributed by atoms with van der Waals surface area (Å²) in [6.07, 6.45) is 0. The maximum atomic E-state index is 12.6. The van der Waals surface area contributed by atoms with Crippen molar-refractivity contribution in [2.45, 2.75) is 19.9 Å². The van der Waals surface area contributed by atoms with Crippen molar-refractivity contribution >= 4 is 23.8 Å². The standard InChI is InChI=1S/C19H24N4O5/c1-13(2)23-18(26)17(25)22(19(23)27)12-20-8-10-21(11-9-20)16(24)14-4-6-15(28-3)7-5-14/h4-7,13H,8-12H2,1-3H3. The average molecular weight is 388 g/mol. The van der Waals surface area contributed by atoms with Gasteiger partial charge in [-0.15, -0.1) is 0 Å². The van der Waals surface area contributed by atoms with Gasteiger partial charge in [0, 0.05) is 37.8 Å². The lowest BCUT2D eigenvalue weighted by molar-refractivity contribution is -0.144.